The van der Waals surface area contributed by atoms with E-state index in [0.29, 0.717) is 33.4 Å². The molecule has 0 aliphatic carbocycles. The summed E-state index contributed by atoms with van der Waals surface area (Å²) in [5, 5.41) is 0. The zero-order valence-corrected chi connectivity index (χ0v) is 16.4. The van der Waals surface area contributed by atoms with E-state index in [2.05, 4.69) is 0 Å². The van der Waals surface area contributed by atoms with E-state index in [1.54, 1.807) is 62.4 Å². The third-order valence-electron chi connectivity index (χ3n) is 5.24. The quantitative estimate of drug-likeness (QED) is 0.304. The van der Waals surface area contributed by atoms with E-state index in [-0.39, 0.29) is 11.1 Å². The molecule has 4 aromatic rings. The largest absolute Gasteiger partial charge is 0.207 e. The van der Waals surface area contributed by atoms with E-state index >= 15 is 0 Å². The van der Waals surface area contributed by atoms with Crippen molar-refractivity contribution < 1.29 is 17.6 Å². The van der Waals surface area contributed by atoms with Crippen molar-refractivity contribution in [2.75, 3.05) is 0 Å². The van der Waals surface area contributed by atoms with Crippen LogP contribution in [0.1, 0.15) is 11.1 Å². The molecule has 0 N–H and O–H groups in total. The van der Waals surface area contributed by atoms with Crippen molar-refractivity contribution in [3.63, 3.8) is 0 Å². The van der Waals surface area contributed by atoms with Crippen molar-refractivity contribution in [1.82, 2.24) is 0 Å². The van der Waals surface area contributed by atoms with Crippen molar-refractivity contribution in [3.8, 4) is 33.4 Å². The van der Waals surface area contributed by atoms with Crippen molar-refractivity contribution in [3.05, 3.63) is 107 Å². The molecule has 0 amide bonds. The summed E-state index contributed by atoms with van der Waals surface area (Å²) in [4.78, 5) is 0. The van der Waals surface area contributed by atoms with Gasteiger partial charge in [0.2, 0.25) is 0 Å². The van der Waals surface area contributed by atoms with Crippen molar-refractivity contribution >= 4 is 0 Å². The average Bonchev–Trinajstić information content (AvgIpc) is 2.72. The second kappa shape index (κ2) is 7.79. The van der Waals surface area contributed by atoms with Gasteiger partial charge in [-0.15, -0.1) is 0 Å². The molecule has 0 unspecified atom stereocenters. The normalized spacial score (nSPS) is 11.0. The van der Waals surface area contributed by atoms with Gasteiger partial charge in [0.25, 0.3) is 0 Å². The lowest BCUT2D eigenvalue weighted by atomic mass is 9.96. The molecule has 0 aliphatic rings. The zero-order chi connectivity index (χ0) is 21.4. The topological polar surface area (TPSA) is 0 Å². The van der Waals surface area contributed by atoms with Crippen LogP contribution in [0, 0.1) is 37.1 Å². The molecule has 0 bridgehead atoms. The Morgan fingerprint density at radius 3 is 1.07 bits per heavy atom. The molecule has 4 rings (SSSR count). The fourth-order valence-corrected chi connectivity index (χ4v) is 3.38. The first-order valence-corrected chi connectivity index (χ1v) is 9.46. The molecule has 4 heteroatoms. The third kappa shape index (κ3) is 3.73. The molecule has 0 saturated carbocycles. The molecule has 0 aromatic heterocycles. The van der Waals surface area contributed by atoms with Crippen LogP contribution in [-0.4, -0.2) is 0 Å². The minimum atomic E-state index is -0.527. The van der Waals surface area contributed by atoms with Crippen LogP contribution >= 0.6 is 0 Å². The highest BCUT2D eigenvalue weighted by molar-refractivity contribution is 5.74. The Labute approximate surface area is 172 Å². The fourth-order valence-electron chi connectivity index (χ4n) is 3.38. The van der Waals surface area contributed by atoms with E-state index in [0.717, 1.165) is 0 Å². The van der Waals surface area contributed by atoms with Gasteiger partial charge in [-0.1, -0.05) is 48.5 Å². The highest BCUT2D eigenvalue weighted by atomic mass is 19.1. The molecular weight excluding hydrogens is 388 g/mol. The van der Waals surface area contributed by atoms with E-state index < -0.39 is 23.3 Å². The van der Waals surface area contributed by atoms with Gasteiger partial charge in [-0.3, -0.25) is 0 Å². The molecule has 0 spiro atoms. The van der Waals surface area contributed by atoms with Crippen molar-refractivity contribution in [1.29, 1.82) is 0 Å². The monoisotopic (exact) mass is 406 g/mol. The molecule has 0 nitrogen and oxygen atoms in total. The van der Waals surface area contributed by atoms with Crippen LogP contribution in [0.2, 0.25) is 0 Å². The fraction of sp³-hybridized carbons (Fsp3) is 0.0769. The Kier molecular flexibility index (Phi) is 5.17. The summed E-state index contributed by atoms with van der Waals surface area (Å²) in [6, 6.07) is 18.1. The maximum Gasteiger partial charge on any atom is 0.131 e. The van der Waals surface area contributed by atoms with Crippen LogP contribution in [0.15, 0.2) is 72.8 Å². The number of hydrogen-bond acceptors (Lipinski definition) is 0. The van der Waals surface area contributed by atoms with E-state index in [9.17, 15) is 17.6 Å². The Hall–Kier alpha value is -3.40. The van der Waals surface area contributed by atoms with Gasteiger partial charge in [0.1, 0.15) is 23.3 Å². The second-order valence-electron chi connectivity index (χ2n) is 7.32. The lowest BCUT2D eigenvalue weighted by Crippen LogP contribution is -1.91. The summed E-state index contributed by atoms with van der Waals surface area (Å²) in [5.74, 6) is -1.86. The van der Waals surface area contributed by atoms with Gasteiger partial charge in [-0.25, -0.2) is 17.6 Å². The van der Waals surface area contributed by atoms with Crippen LogP contribution in [0.4, 0.5) is 17.6 Å². The highest BCUT2D eigenvalue weighted by Crippen LogP contribution is 2.32. The predicted molar refractivity (Wildman–Crippen MR) is 112 cm³/mol. The lowest BCUT2D eigenvalue weighted by Gasteiger charge is -2.10. The summed E-state index contributed by atoms with van der Waals surface area (Å²) in [6.07, 6.45) is 0. The first kappa shape index (κ1) is 19.9. The first-order chi connectivity index (χ1) is 14.3. The number of rotatable bonds is 3. The smallest absolute Gasteiger partial charge is 0.131 e. The van der Waals surface area contributed by atoms with Crippen LogP contribution in [0.25, 0.3) is 33.4 Å². The molecule has 30 heavy (non-hydrogen) atoms. The Morgan fingerprint density at radius 1 is 0.400 bits per heavy atom. The van der Waals surface area contributed by atoms with Crippen LogP contribution in [0.3, 0.4) is 0 Å². The van der Waals surface area contributed by atoms with E-state index in [4.69, 9.17) is 0 Å². The number of benzene rings is 4. The molecule has 0 radical (unpaired) electrons. The van der Waals surface area contributed by atoms with Gasteiger partial charge in [0.15, 0.2) is 0 Å². The first-order valence-electron chi connectivity index (χ1n) is 9.46. The van der Waals surface area contributed by atoms with Crippen molar-refractivity contribution in [2.24, 2.45) is 0 Å². The Morgan fingerprint density at radius 2 is 0.733 bits per heavy atom. The van der Waals surface area contributed by atoms with Crippen LogP contribution in [0.5, 0.6) is 0 Å². The van der Waals surface area contributed by atoms with Gasteiger partial charge >= 0.3 is 0 Å². The highest BCUT2D eigenvalue weighted by Gasteiger charge is 2.12. The maximum absolute atomic E-state index is 14.7. The average molecular weight is 406 g/mol. The van der Waals surface area contributed by atoms with Crippen LogP contribution in [-0.2, 0) is 0 Å². The predicted octanol–water partition coefficient (Wildman–Crippen LogP) is 7.86. The van der Waals surface area contributed by atoms with Gasteiger partial charge < -0.3 is 0 Å². The second-order valence-corrected chi connectivity index (χ2v) is 7.32. The maximum atomic E-state index is 14.7. The molecular formula is C26H18F4. The summed E-state index contributed by atoms with van der Waals surface area (Å²) in [7, 11) is 0. The third-order valence-corrected chi connectivity index (χ3v) is 5.24. The molecule has 150 valence electrons. The standard InChI is InChI=1S/C26H18F4/c1-15-3-5-19(13-23(15)27)21-9-7-17(11-25(21)29)18-8-10-22(26(30)12-18)20-6-4-16(2)24(28)14-20/h3-14H,1-2H3. The number of hydrogen-bond donors (Lipinski definition) is 0. The van der Waals surface area contributed by atoms with Crippen LogP contribution < -0.4 is 0 Å². The van der Waals surface area contributed by atoms with Gasteiger partial charge in [0, 0.05) is 11.1 Å². The Bertz CT molecular complexity index is 1160. The van der Waals surface area contributed by atoms with Crippen molar-refractivity contribution in [2.45, 2.75) is 13.8 Å². The minimum absolute atomic E-state index is 0.268. The van der Waals surface area contributed by atoms with E-state index in [1.165, 1.54) is 24.3 Å². The molecule has 4 aromatic carbocycles. The van der Waals surface area contributed by atoms with Gasteiger partial charge in [-0.2, -0.15) is 0 Å². The SMILES string of the molecule is Cc1ccc(-c2ccc(-c3ccc(-c4ccc(C)c(F)c4)c(F)c3)cc2F)cc1F. The summed E-state index contributed by atoms with van der Waals surface area (Å²) < 4.78 is 57.1. The van der Waals surface area contributed by atoms with E-state index in [1.807, 2.05) is 0 Å². The molecule has 0 fully saturated rings. The summed E-state index contributed by atoms with van der Waals surface area (Å²) in [5.41, 5.74) is 3.36. The molecule has 0 saturated heterocycles. The minimum Gasteiger partial charge on any atom is -0.207 e. The number of halogens is 4. The molecule has 0 heterocycles. The molecule has 0 atom stereocenters. The summed E-state index contributed by atoms with van der Waals surface area (Å²) in [6.45, 7) is 3.28. The Balaban J connectivity index is 1.69. The molecule has 0 aliphatic heterocycles. The number of aryl methyl sites for hydroxylation is 2. The van der Waals surface area contributed by atoms with Gasteiger partial charge in [-0.05, 0) is 71.5 Å². The van der Waals surface area contributed by atoms with Gasteiger partial charge in [0.05, 0.1) is 0 Å². The lowest BCUT2D eigenvalue weighted by molar-refractivity contribution is 0.616. The zero-order valence-electron chi connectivity index (χ0n) is 16.4. The summed E-state index contributed by atoms with van der Waals surface area (Å²) >= 11 is 0.